The normalized spacial score (nSPS) is 22.4. The van der Waals surface area contributed by atoms with Crippen LogP contribution in [0.2, 0.25) is 0 Å². The van der Waals surface area contributed by atoms with Crippen molar-refractivity contribution in [1.82, 2.24) is 20.4 Å². The number of amides is 2. The second-order valence-corrected chi connectivity index (χ2v) is 10.2. The zero-order chi connectivity index (χ0) is 25.8. The predicted octanol–water partition coefficient (Wildman–Crippen LogP) is 2.64. The minimum atomic E-state index is -0.880. The summed E-state index contributed by atoms with van der Waals surface area (Å²) >= 11 is 0. The van der Waals surface area contributed by atoms with Crippen LogP contribution in [0.4, 0.5) is 4.79 Å². The smallest absolute Gasteiger partial charge is 0.413 e. The molecule has 0 radical (unpaired) electrons. The molecule has 202 valence electrons. The van der Waals surface area contributed by atoms with E-state index in [2.05, 4.69) is 28.5 Å². The molecule has 2 N–H and O–H groups in total. The molecule has 0 aromatic heterocycles. The van der Waals surface area contributed by atoms with Gasteiger partial charge in [-0.15, -0.1) is 0 Å². The summed E-state index contributed by atoms with van der Waals surface area (Å²) in [4.78, 5) is 35.1. The van der Waals surface area contributed by atoms with Gasteiger partial charge in [0.05, 0.1) is 25.9 Å². The van der Waals surface area contributed by atoms with Crippen molar-refractivity contribution < 1.29 is 19.1 Å². The number of nitrogens with zero attached hydrogens (tertiary/aromatic N) is 4. The second-order valence-electron chi connectivity index (χ2n) is 10.2. The van der Waals surface area contributed by atoms with Crippen LogP contribution in [-0.2, 0) is 14.3 Å². The maximum atomic E-state index is 13.7. The first kappa shape index (κ1) is 28.2. The minimum Gasteiger partial charge on any atom is -0.450 e. The van der Waals surface area contributed by atoms with Gasteiger partial charge in [0.15, 0.2) is 0 Å². The SMILES string of the molecule is CCCN1CCC(C#N)(NC(=O)C(CC2CCCCC2)/N=C(/NC(=O)OCC)N2CCOCC2)CC1. The van der Waals surface area contributed by atoms with E-state index in [0.717, 1.165) is 51.7 Å². The highest BCUT2D eigenvalue weighted by Crippen LogP contribution is 2.29. The van der Waals surface area contributed by atoms with Gasteiger partial charge in [-0.25, -0.2) is 9.79 Å². The van der Waals surface area contributed by atoms with E-state index in [1.54, 1.807) is 6.92 Å². The molecule has 1 aliphatic carbocycles. The molecular weight excluding hydrogens is 460 g/mol. The number of guanidine groups is 1. The van der Waals surface area contributed by atoms with Gasteiger partial charge in [-0.1, -0.05) is 39.0 Å². The Morgan fingerprint density at radius 3 is 2.44 bits per heavy atom. The summed E-state index contributed by atoms with van der Waals surface area (Å²) in [6.07, 6.45) is 8.00. The third-order valence-corrected chi connectivity index (χ3v) is 7.49. The number of nitriles is 1. The molecule has 3 aliphatic rings. The maximum absolute atomic E-state index is 13.7. The molecule has 2 amide bonds. The first-order valence-corrected chi connectivity index (χ1v) is 13.8. The molecule has 0 aromatic carbocycles. The van der Waals surface area contributed by atoms with Crippen molar-refractivity contribution in [3.05, 3.63) is 0 Å². The molecule has 3 fully saturated rings. The van der Waals surface area contributed by atoms with Crippen LogP contribution in [0, 0.1) is 17.2 Å². The number of ether oxygens (including phenoxy) is 2. The summed E-state index contributed by atoms with van der Waals surface area (Å²) in [7, 11) is 0. The third-order valence-electron chi connectivity index (χ3n) is 7.49. The number of hydrogen-bond donors (Lipinski definition) is 2. The summed E-state index contributed by atoms with van der Waals surface area (Å²) < 4.78 is 10.6. The molecule has 0 bridgehead atoms. The van der Waals surface area contributed by atoms with E-state index in [1.807, 2.05) is 4.90 Å². The third kappa shape index (κ3) is 8.34. The highest BCUT2D eigenvalue weighted by Gasteiger charge is 2.38. The number of nitrogens with one attached hydrogen (secondary N) is 2. The fraction of sp³-hybridized carbons (Fsp3) is 0.846. The van der Waals surface area contributed by atoms with Crippen LogP contribution in [0.1, 0.15) is 71.6 Å². The Bertz CT molecular complexity index is 778. The van der Waals surface area contributed by atoms with E-state index in [0.29, 0.717) is 57.4 Å². The fourth-order valence-electron chi connectivity index (χ4n) is 5.39. The van der Waals surface area contributed by atoms with Crippen LogP contribution in [-0.4, -0.2) is 91.9 Å². The van der Waals surface area contributed by atoms with Crippen LogP contribution in [0.15, 0.2) is 4.99 Å². The number of alkyl carbamates (subject to hydrolysis) is 1. The Hall–Kier alpha value is -2.38. The van der Waals surface area contributed by atoms with Crippen molar-refractivity contribution in [1.29, 1.82) is 5.26 Å². The second kappa shape index (κ2) is 14.4. The molecular formula is C26H44N6O4. The van der Waals surface area contributed by atoms with E-state index in [1.165, 1.54) is 6.42 Å². The molecule has 1 unspecified atom stereocenters. The van der Waals surface area contributed by atoms with Gasteiger partial charge in [-0.05, 0) is 45.1 Å². The molecule has 0 aromatic rings. The van der Waals surface area contributed by atoms with Gasteiger partial charge >= 0.3 is 6.09 Å². The summed E-state index contributed by atoms with van der Waals surface area (Å²) in [5, 5.41) is 15.9. The van der Waals surface area contributed by atoms with Crippen molar-refractivity contribution in [2.75, 3.05) is 52.5 Å². The van der Waals surface area contributed by atoms with E-state index < -0.39 is 17.7 Å². The molecule has 2 heterocycles. The molecule has 0 spiro atoms. The topological polar surface area (TPSA) is 119 Å². The zero-order valence-electron chi connectivity index (χ0n) is 22.1. The maximum Gasteiger partial charge on any atom is 0.413 e. The summed E-state index contributed by atoms with van der Waals surface area (Å²) in [5.41, 5.74) is -0.880. The summed E-state index contributed by atoms with van der Waals surface area (Å²) in [6, 6.07) is 1.72. The average molecular weight is 505 g/mol. The summed E-state index contributed by atoms with van der Waals surface area (Å²) in [5.74, 6) is 0.509. The number of likely N-dealkylation sites (tertiary alicyclic amines) is 1. The van der Waals surface area contributed by atoms with E-state index in [4.69, 9.17) is 14.5 Å². The molecule has 2 aliphatic heterocycles. The highest BCUT2D eigenvalue weighted by molar-refractivity contribution is 5.96. The van der Waals surface area contributed by atoms with Gasteiger partial charge in [0.2, 0.25) is 11.9 Å². The first-order valence-electron chi connectivity index (χ1n) is 13.8. The van der Waals surface area contributed by atoms with E-state index in [9.17, 15) is 14.9 Å². The number of rotatable bonds is 8. The molecule has 1 saturated carbocycles. The van der Waals surface area contributed by atoms with Gasteiger partial charge in [-0.2, -0.15) is 5.26 Å². The van der Waals surface area contributed by atoms with Crippen molar-refractivity contribution in [3.63, 3.8) is 0 Å². The Kier molecular flexibility index (Phi) is 11.3. The molecule has 10 nitrogen and oxygen atoms in total. The first-order chi connectivity index (χ1) is 17.5. The Morgan fingerprint density at radius 1 is 1.14 bits per heavy atom. The number of hydrogen-bond acceptors (Lipinski definition) is 7. The Balaban J connectivity index is 1.81. The fourth-order valence-corrected chi connectivity index (χ4v) is 5.39. The molecule has 10 heteroatoms. The lowest BCUT2D eigenvalue weighted by Crippen LogP contribution is -2.57. The van der Waals surface area contributed by atoms with Gasteiger partial charge in [0.1, 0.15) is 11.6 Å². The predicted molar refractivity (Wildman–Crippen MR) is 137 cm³/mol. The lowest BCUT2D eigenvalue weighted by atomic mass is 9.84. The van der Waals surface area contributed by atoms with Crippen molar-refractivity contribution in [3.8, 4) is 6.07 Å². The van der Waals surface area contributed by atoms with Gasteiger partial charge in [0.25, 0.3) is 0 Å². The van der Waals surface area contributed by atoms with Gasteiger partial charge < -0.3 is 24.6 Å². The van der Waals surface area contributed by atoms with Gasteiger partial charge in [-0.3, -0.25) is 10.1 Å². The van der Waals surface area contributed by atoms with Crippen molar-refractivity contribution in [2.24, 2.45) is 10.9 Å². The largest absolute Gasteiger partial charge is 0.450 e. The van der Waals surface area contributed by atoms with Crippen LogP contribution in [0.25, 0.3) is 0 Å². The van der Waals surface area contributed by atoms with Crippen LogP contribution in [0.3, 0.4) is 0 Å². The molecule has 3 rings (SSSR count). The lowest BCUT2D eigenvalue weighted by molar-refractivity contribution is -0.124. The lowest BCUT2D eigenvalue weighted by Gasteiger charge is -2.38. The van der Waals surface area contributed by atoms with E-state index in [-0.39, 0.29) is 12.5 Å². The van der Waals surface area contributed by atoms with E-state index >= 15 is 0 Å². The van der Waals surface area contributed by atoms with Gasteiger partial charge in [0, 0.05) is 26.2 Å². The Labute approximate surface area is 215 Å². The number of piperidine rings is 1. The molecule has 36 heavy (non-hydrogen) atoms. The van der Waals surface area contributed by atoms with Crippen molar-refractivity contribution in [2.45, 2.75) is 83.2 Å². The number of morpholine rings is 1. The number of carbonyl (C=O) groups is 2. The number of aliphatic imine (C=N–C) groups is 1. The Morgan fingerprint density at radius 2 is 1.83 bits per heavy atom. The monoisotopic (exact) mass is 504 g/mol. The average Bonchev–Trinajstić information content (AvgIpc) is 2.90. The minimum absolute atomic E-state index is 0.234. The molecule has 2 saturated heterocycles. The van der Waals surface area contributed by atoms with Crippen molar-refractivity contribution >= 4 is 18.0 Å². The zero-order valence-corrected chi connectivity index (χ0v) is 22.1. The molecule has 1 atom stereocenters. The standard InChI is InChI=1S/C26H44N6O4/c1-3-12-31-13-10-26(20-27,11-14-31)30-23(33)22(19-21-8-6-5-7-9-21)28-24(29-25(34)36-4-2)32-15-17-35-18-16-32/h21-22H,3-19H2,1-2H3,(H,30,33)(H,28,29,34). The highest BCUT2D eigenvalue weighted by atomic mass is 16.5. The quantitative estimate of drug-likeness (QED) is 0.385. The number of carbonyl (C=O) groups excluding carboxylic acids is 2. The van der Waals surface area contributed by atoms with Crippen LogP contribution < -0.4 is 10.6 Å². The van der Waals surface area contributed by atoms with Crippen LogP contribution in [0.5, 0.6) is 0 Å². The van der Waals surface area contributed by atoms with Crippen LogP contribution >= 0.6 is 0 Å². The summed E-state index contributed by atoms with van der Waals surface area (Å²) in [6.45, 7) is 8.92.